The normalized spacial score (nSPS) is 26.2. The van der Waals surface area contributed by atoms with E-state index in [0.717, 1.165) is 48.8 Å². The average Bonchev–Trinajstić information content (AvgIpc) is 2.53. The highest BCUT2D eigenvalue weighted by Crippen LogP contribution is 2.37. The molecule has 2 heterocycles. The third-order valence-electron chi connectivity index (χ3n) is 4.84. The third kappa shape index (κ3) is 2.73. The Morgan fingerprint density at radius 2 is 2.05 bits per heavy atom. The first kappa shape index (κ1) is 13.6. The van der Waals surface area contributed by atoms with Crippen molar-refractivity contribution in [1.82, 2.24) is 9.97 Å². The summed E-state index contributed by atoms with van der Waals surface area (Å²) < 4.78 is 0. The van der Waals surface area contributed by atoms with Gasteiger partial charge in [-0.25, -0.2) is 15.8 Å². The predicted octanol–water partition coefficient (Wildman–Crippen LogP) is 2.34. The summed E-state index contributed by atoms with van der Waals surface area (Å²) in [4.78, 5) is 11.5. The maximum atomic E-state index is 5.52. The zero-order valence-corrected chi connectivity index (χ0v) is 12.3. The Labute approximate surface area is 120 Å². The lowest BCUT2D eigenvalue weighted by Gasteiger charge is -2.41. The van der Waals surface area contributed by atoms with Gasteiger partial charge in [-0.1, -0.05) is 26.2 Å². The van der Waals surface area contributed by atoms with Crippen LogP contribution in [0.4, 0.5) is 11.6 Å². The minimum absolute atomic E-state index is 0.720. The van der Waals surface area contributed by atoms with Crippen LogP contribution >= 0.6 is 0 Å². The molecule has 1 saturated heterocycles. The highest BCUT2D eigenvalue weighted by atomic mass is 15.3. The van der Waals surface area contributed by atoms with Crippen LogP contribution in [0.2, 0.25) is 0 Å². The van der Waals surface area contributed by atoms with Gasteiger partial charge in [0.15, 0.2) is 0 Å². The largest absolute Gasteiger partial charge is 0.356 e. The molecule has 1 aliphatic carbocycles. The third-order valence-corrected chi connectivity index (χ3v) is 4.84. The summed E-state index contributed by atoms with van der Waals surface area (Å²) in [5, 5.41) is 0. The fourth-order valence-corrected chi connectivity index (χ4v) is 3.69. The van der Waals surface area contributed by atoms with Crippen LogP contribution in [0.15, 0.2) is 6.07 Å². The van der Waals surface area contributed by atoms with Crippen molar-refractivity contribution in [2.75, 3.05) is 23.4 Å². The number of nitrogens with zero attached hydrogens (tertiary/aromatic N) is 3. The SMILES string of the molecule is CCc1nc(NN)cc(N2CCC3CCCCC3C2)n1. The van der Waals surface area contributed by atoms with Crippen molar-refractivity contribution in [3.05, 3.63) is 11.9 Å². The molecule has 0 amide bonds. The zero-order chi connectivity index (χ0) is 13.9. The van der Waals surface area contributed by atoms with Gasteiger partial charge in [0.05, 0.1) is 0 Å². The molecule has 1 saturated carbocycles. The van der Waals surface area contributed by atoms with Gasteiger partial charge in [-0.15, -0.1) is 0 Å². The molecule has 2 aliphatic rings. The number of aryl methyl sites for hydroxylation is 1. The lowest BCUT2D eigenvalue weighted by atomic mass is 9.75. The molecule has 3 rings (SSSR count). The summed E-state index contributed by atoms with van der Waals surface area (Å²) >= 11 is 0. The second-order valence-corrected chi connectivity index (χ2v) is 6.06. The van der Waals surface area contributed by atoms with Crippen LogP contribution in [-0.2, 0) is 6.42 Å². The number of aromatic nitrogens is 2. The molecule has 5 heteroatoms. The van der Waals surface area contributed by atoms with Crippen molar-refractivity contribution in [2.24, 2.45) is 17.7 Å². The Morgan fingerprint density at radius 3 is 2.80 bits per heavy atom. The van der Waals surface area contributed by atoms with Crippen molar-refractivity contribution in [1.29, 1.82) is 0 Å². The number of anilines is 2. The van der Waals surface area contributed by atoms with Crippen LogP contribution in [0, 0.1) is 11.8 Å². The van der Waals surface area contributed by atoms with Gasteiger partial charge in [-0.2, -0.15) is 0 Å². The predicted molar refractivity (Wildman–Crippen MR) is 81.5 cm³/mol. The van der Waals surface area contributed by atoms with Gasteiger partial charge in [-0.3, -0.25) is 0 Å². The fraction of sp³-hybridized carbons (Fsp3) is 0.733. The van der Waals surface area contributed by atoms with Crippen LogP contribution in [0.3, 0.4) is 0 Å². The van der Waals surface area contributed by atoms with Crippen molar-refractivity contribution in [3.8, 4) is 0 Å². The van der Waals surface area contributed by atoms with Crippen molar-refractivity contribution < 1.29 is 0 Å². The van der Waals surface area contributed by atoms with Gasteiger partial charge in [0.1, 0.15) is 17.5 Å². The minimum atomic E-state index is 0.720. The summed E-state index contributed by atoms with van der Waals surface area (Å²) in [6.07, 6.45) is 7.78. The molecule has 2 fully saturated rings. The van der Waals surface area contributed by atoms with Crippen molar-refractivity contribution in [2.45, 2.75) is 45.4 Å². The highest BCUT2D eigenvalue weighted by Gasteiger charge is 2.31. The molecule has 1 aromatic heterocycles. The van der Waals surface area contributed by atoms with Crippen molar-refractivity contribution in [3.63, 3.8) is 0 Å². The van der Waals surface area contributed by atoms with Crippen LogP contribution in [0.25, 0.3) is 0 Å². The smallest absolute Gasteiger partial charge is 0.145 e. The number of nitrogen functional groups attached to an aromatic ring is 1. The number of hydrazine groups is 1. The summed E-state index contributed by atoms with van der Waals surface area (Å²) in [5.74, 6) is 9.94. The first-order valence-corrected chi connectivity index (χ1v) is 7.89. The van der Waals surface area contributed by atoms with E-state index >= 15 is 0 Å². The molecule has 3 N–H and O–H groups in total. The molecular weight excluding hydrogens is 250 g/mol. The zero-order valence-electron chi connectivity index (χ0n) is 12.3. The summed E-state index contributed by atoms with van der Waals surface area (Å²) in [7, 11) is 0. The molecule has 5 nitrogen and oxygen atoms in total. The first-order valence-electron chi connectivity index (χ1n) is 7.89. The Kier molecular flexibility index (Phi) is 4.05. The summed E-state index contributed by atoms with van der Waals surface area (Å²) in [5.41, 5.74) is 2.66. The Bertz CT molecular complexity index is 439. The topological polar surface area (TPSA) is 67.1 Å². The molecule has 2 unspecified atom stereocenters. The summed E-state index contributed by atoms with van der Waals surface area (Å²) in [6.45, 7) is 4.34. The molecule has 110 valence electrons. The van der Waals surface area contributed by atoms with Crippen LogP contribution in [0.1, 0.15) is 44.9 Å². The maximum Gasteiger partial charge on any atom is 0.145 e. The van der Waals surface area contributed by atoms with Gasteiger partial charge < -0.3 is 10.3 Å². The van der Waals surface area contributed by atoms with Gasteiger partial charge in [-0.05, 0) is 24.7 Å². The second kappa shape index (κ2) is 5.95. The summed E-state index contributed by atoms with van der Waals surface area (Å²) in [6, 6.07) is 1.97. The number of nitrogens with one attached hydrogen (secondary N) is 1. The lowest BCUT2D eigenvalue weighted by molar-refractivity contribution is 0.202. The molecule has 0 bridgehead atoms. The van der Waals surface area contributed by atoms with Gasteiger partial charge in [0.2, 0.25) is 0 Å². The van der Waals surface area contributed by atoms with E-state index in [1.807, 2.05) is 6.07 Å². The molecule has 0 radical (unpaired) electrons. The first-order chi connectivity index (χ1) is 9.80. The van der Waals surface area contributed by atoms with E-state index in [1.54, 1.807) is 0 Å². The molecule has 1 aliphatic heterocycles. The Morgan fingerprint density at radius 1 is 1.25 bits per heavy atom. The standard InChI is InChI=1S/C15H25N5/c1-2-13-17-14(19-16)9-15(18-13)20-8-7-11-5-3-4-6-12(11)10-20/h9,11-12H,2-8,10,16H2,1H3,(H,17,18,19). The monoisotopic (exact) mass is 275 g/mol. The second-order valence-electron chi connectivity index (χ2n) is 6.06. The number of hydrogen-bond donors (Lipinski definition) is 2. The Balaban J connectivity index is 1.78. The molecule has 1 aromatic rings. The van der Waals surface area contributed by atoms with E-state index in [0.29, 0.717) is 0 Å². The average molecular weight is 275 g/mol. The van der Waals surface area contributed by atoms with E-state index < -0.39 is 0 Å². The van der Waals surface area contributed by atoms with E-state index in [2.05, 4.69) is 27.2 Å². The number of rotatable bonds is 3. The van der Waals surface area contributed by atoms with E-state index in [1.165, 1.54) is 32.1 Å². The maximum absolute atomic E-state index is 5.52. The van der Waals surface area contributed by atoms with Crippen LogP contribution < -0.4 is 16.2 Å². The van der Waals surface area contributed by atoms with E-state index in [9.17, 15) is 0 Å². The number of hydrogen-bond acceptors (Lipinski definition) is 5. The van der Waals surface area contributed by atoms with Crippen molar-refractivity contribution >= 4 is 11.6 Å². The molecular formula is C15H25N5. The van der Waals surface area contributed by atoms with Crippen LogP contribution in [0.5, 0.6) is 0 Å². The molecule has 2 atom stereocenters. The minimum Gasteiger partial charge on any atom is -0.356 e. The quantitative estimate of drug-likeness (QED) is 0.654. The van der Waals surface area contributed by atoms with Gasteiger partial charge >= 0.3 is 0 Å². The number of piperidine rings is 1. The highest BCUT2D eigenvalue weighted by molar-refractivity contribution is 5.49. The molecule has 0 aromatic carbocycles. The van der Waals surface area contributed by atoms with E-state index in [-0.39, 0.29) is 0 Å². The van der Waals surface area contributed by atoms with Gasteiger partial charge in [0.25, 0.3) is 0 Å². The van der Waals surface area contributed by atoms with Gasteiger partial charge in [0, 0.05) is 25.6 Å². The molecule has 0 spiro atoms. The number of fused-ring (bicyclic) bond motifs is 1. The lowest BCUT2D eigenvalue weighted by Crippen LogP contribution is -2.42. The number of nitrogens with two attached hydrogens (primary N) is 1. The Hall–Kier alpha value is -1.36. The van der Waals surface area contributed by atoms with Crippen LogP contribution in [-0.4, -0.2) is 23.1 Å². The van der Waals surface area contributed by atoms with E-state index in [4.69, 9.17) is 5.84 Å². The fourth-order valence-electron chi connectivity index (χ4n) is 3.69. The molecule has 20 heavy (non-hydrogen) atoms.